The van der Waals surface area contributed by atoms with Gasteiger partial charge in [-0.15, -0.1) is 0 Å². The number of rotatable bonds is 3. The van der Waals surface area contributed by atoms with Gasteiger partial charge < -0.3 is 10.2 Å². The van der Waals surface area contributed by atoms with Gasteiger partial charge in [-0.05, 0) is 26.3 Å². The number of amides is 2. The third-order valence-electron chi connectivity index (χ3n) is 3.63. The molecular formula is C14H22N4O2. The molecule has 1 fully saturated rings. The fourth-order valence-corrected chi connectivity index (χ4v) is 2.44. The molecule has 0 aromatic carbocycles. The van der Waals surface area contributed by atoms with E-state index in [4.69, 9.17) is 0 Å². The fraction of sp³-hybridized carbons (Fsp3) is 0.643. The number of carbonyl (C=O) groups is 2. The second-order valence-electron chi connectivity index (χ2n) is 5.75. The Bertz CT molecular complexity index is 533. The molecule has 0 bridgehead atoms. The van der Waals surface area contributed by atoms with Crippen molar-refractivity contribution in [1.82, 2.24) is 20.0 Å². The first-order valence-corrected chi connectivity index (χ1v) is 6.95. The van der Waals surface area contributed by atoms with Crippen LogP contribution in [-0.4, -0.2) is 38.6 Å². The van der Waals surface area contributed by atoms with Crippen LogP contribution in [0.25, 0.3) is 0 Å². The smallest absolute Gasteiger partial charge is 0.248 e. The molecule has 0 spiro atoms. The van der Waals surface area contributed by atoms with E-state index in [0.717, 1.165) is 17.8 Å². The SMILES string of the molecule is CCc1cc(CN2CCC(=O)NC(C)(C)C2=O)n(C)n1. The van der Waals surface area contributed by atoms with E-state index in [2.05, 4.69) is 17.3 Å². The zero-order valence-electron chi connectivity index (χ0n) is 12.6. The van der Waals surface area contributed by atoms with Crippen LogP contribution < -0.4 is 5.32 Å². The molecule has 2 heterocycles. The van der Waals surface area contributed by atoms with Crippen LogP contribution in [0.1, 0.15) is 38.6 Å². The van der Waals surface area contributed by atoms with Gasteiger partial charge in [0.15, 0.2) is 0 Å². The maximum Gasteiger partial charge on any atom is 0.248 e. The van der Waals surface area contributed by atoms with Crippen LogP contribution in [-0.2, 0) is 29.6 Å². The molecule has 2 rings (SSSR count). The topological polar surface area (TPSA) is 67.2 Å². The van der Waals surface area contributed by atoms with Gasteiger partial charge >= 0.3 is 0 Å². The molecule has 20 heavy (non-hydrogen) atoms. The molecule has 6 nitrogen and oxygen atoms in total. The van der Waals surface area contributed by atoms with Crippen molar-refractivity contribution in [2.45, 2.75) is 45.7 Å². The van der Waals surface area contributed by atoms with E-state index in [1.807, 2.05) is 13.1 Å². The molecule has 110 valence electrons. The monoisotopic (exact) mass is 278 g/mol. The van der Waals surface area contributed by atoms with Crippen molar-refractivity contribution in [3.05, 3.63) is 17.5 Å². The standard InChI is InChI=1S/C14H22N4O2/c1-5-10-8-11(17(4)16-10)9-18-7-6-12(19)15-14(2,3)13(18)20/h8H,5-7,9H2,1-4H3,(H,15,19). The van der Waals surface area contributed by atoms with Gasteiger partial charge in [-0.25, -0.2) is 0 Å². The van der Waals surface area contributed by atoms with Gasteiger partial charge in [0.1, 0.15) is 5.54 Å². The van der Waals surface area contributed by atoms with Crippen LogP contribution in [0.2, 0.25) is 0 Å². The van der Waals surface area contributed by atoms with E-state index >= 15 is 0 Å². The second-order valence-corrected chi connectivity index (χ2v) is 5.75. The van der Waals surface area contributed by atoms with Crippen LogP contribution in [0.3, 0.4) is 0 Å². The highest BCUT2D eigenvalue weighted by atomic mass is 16.2. The van der Waals surface area contributed by atoms with Crippen molar-refractivity contribution in [2.75, 3.05) is 6.54 Å². The van der Waals surface area contributed by atoms with Gasteiger partial charge in [-0.2, -0.15) is 5.10 Å². The maximum absolute atomic E-state index is 12.5. The number of hydrogen-bond donors (Lipinski definition) is 1. The highest BCUT2D eigenvalue weighted by molar-refractivity contribution is 5.92. The van der Waals surface area contributed by atoms with E-state index in [1.165, 1.54) is 0 Å². The molecule has 6 heteroatoms. The van der Waals surface area contributed by atoms with Gasteiger partial charge in [0.05, 0.1) is 17.9 Å². The lowest BCUT2D eigenvalue weighted by molar-refractivity contribution is -0.137. The molecule has 0 saturated carbocycles. The van der Waals surface area contributed by atoms with E-state index in [0.29, 0.717) is 19.5 Å². The Morgan fingerprint density at radius 2 is 2.10 bits per heavy atom. The van der Waals surface area contributed by atoms with Crippen LogP contribution in [0.4, 0.5) is 0 Å². The average Bonchev–Trinajstić information content (AvgIpc) is 2.69. The summed E-state index contributed by atoms with van der Waals surface area (Å²) in [6, 6.07) is 2.01. The minimum atomic E-state index is -0.847. The summed E-state index contributed by atoms with van der Waals surface area (Å²) in [6.45, 7) is 6.47. The quantitative estimate of drug-likeness (QED) is 0.881. The molecule has 2 amide bonds. The first kappa shape index (κ1) is 14.6. The molecule has 1 aromatic heterocycles. The zero-order valence-corrected chi connectivity index (χ0v) is 12.6. The largest absolute Gasteiger partial charge is 0.342 e. The Morgan fingerprint density at radius 1 is 1.40 bits per heavy atom. The van der Waals surface area contributed by atoms with Gasteiger partial charge in [-0.1, -0.05) is 6.92 Å². The van der Waals surface area contributed by atoms with E-state index in [1.54, 1.807) is 23.4 Å². The van der Waals surface area contributed by atoms with Crippen molar-refractivity contribution in [1.29, 1.82) is 0 Å². The van der Waals surface area contributed by atoms with E-state index in [9.17, 15) is 9.59 Å². The maximum atomic E-state index is 12.5. The third-order valence-corrected chi connectivity index (χ3v) is 3.63. The minimum Gasteiger partial charge on any atom is -0.342 e. The molecule has 0 unspecified atom stereocenters. The Hall–Kier alpha value is -1.85. The fourth-order valence-electron chi connectivity index (χ4n) is 2.44. The summed E-state index contributed by atoms with van der Waals surface area (Å²) in [6.07, 6.45) is 1.21. The van der Waals surface area contributed by atoms with Gasteiger partial charge in [0, 0.05) is 20.0 Å². The van der Waals surface area contributed by atoms with Gasteiger partial charge in [-0.3, -0.25) is 14.3 Å². The molecule has 0 aliphatic carbocycles. The highest BCUT2D eigenvalue weighted by Crippen LogP contribution is 2.16. The Kier molecular flexibility index (Phi) is 3.83. The van der Waals surface area contributed by atoms with Crippen molar-refractivity contribution >= 4 is 11.8 Å². The molecule has 1 aromatic rings. The Morgan fingerprint density at radius 3 is 2.70 bits per heavy atom. The van der Waals surface area contributed by atoms with Crippen molar-refractivity contribution in [2.24, 2.45) is 7.05 Å². The molecule has 1 saturated heterocycles. The minimum absolute atomic E-state index is 0.0531. The lowest BCUT2D eigenvalue weighted by Gasteiger charge is -2.28. The summed E-state index contributed by atoms with van der Waals surface area (Å²) >= 11 is 0. The first-order chi connectivity index (χ1) is 9.33. The van der Waals surface area contributed by atoms with Gasteiger partial charge in [0.2, 0.25) is 11.8 Å². The van der Waals surface area contributed by atoms with Gasteiger partial charge in [0.25, 0.3) is 0 Å². The number of aromatic nitrogens is 2. The molecular weight excluding hydrogens is 256 g/mol. The number of nitrogens with one attached hydrogen (secondary N) is 1. The summed E-state index contributed by atoms with van der Waals surface area (Å²) in [5.74, 6) is -0.132. The molecule has 0 radical (unpaired) electrons. The van der Waals surface area contributed by atoms with Crippen LogP contribution in [0.5, 0.6) is 0 Å². The van der Waals surface area contributed by atoms with Crippen molar-refractivity contribution < 1.29 is 9.59 Å². The number of carbonyl (C=O) groups excluding carboxylic acids is 2. The lowest BCUT2D eigenvalue weighted by Crippen LogP contribution is -2.52. The predicted molar refractivity (Wildman–Crippen MR) is 74.8 cm³/mol. The second kappa shape index (κ2) is 5.26. The number of nitrogens with zero attached hydrogens (tertiary/aromatic N) is 3. The van der Waals surface area contributed by atoms with Crippen molar-refractivity contribution in [3.8, 4) is 0 Å². The van der Waals surface area contributed by atoms with E-state index < -0.39 is 5.54 Å². The molecule has 1 N–H and O–H groups in total. The summed E-state index contributed by atoms with van der Waals surface area (Å²) in [4.78, 5) is 25.9. The summed E-state index contributed by atoms with van der Waals surface area (Å²) in [7, 11) is 1.88. The predicted octanol–water partition coefficient (Wildman–Crippen LogP) is 0.610. The van der Waals surface area contributed by atoms with E-state index in [-0.39, 0.29) is 11.8 Å². The van der Waals surface area contributed by atoms with Crippen LogP contribution >= 0.6 is 0 Å². The first-order valence-electron chi connectivity index (χ1n) is 6.95. The summed E-state index contributed by atoms with van der Waals surface area (Å²) in [5.41, 5.74) is 1.15. The Balaban J connectivity index is 2.20. The third kappa shape index (κ3) is 2.84. The summed E-state index contributed by atoms with van der Waals surface area (Å²) < 4.78 is 1.80. The van der Waals surface area contributed by atoms with Crippen molar-refractivity contribution in [3.63, 3.8) is 0 Å². The zero-order chi connectivity index (χ0) is 14.9. The highest BCUT2D eigenvalue weighted by Gasteiger charge is 2.36. The lowest BCUT2D eigenvalue weighted by atomic mass is 10.0. The average molecular weight is 278 g/mol. The molecule has 1 aliphatic rings. The summed E-state index contributed by atoms with van der Waals surface area (Å²) in [5, 5.41) is 7.15. The van der Waals surface area contributed by atoms with Crippen LogP contribution in [0.15, 0.2) is 6.07 Å². The normalized spacial score (nSPS) is 18.9. The van der Waals surface area contributed by atoms with Crippen LogP contribution in [0, 0.1) is 0 Å². The number of aryl methyl sites for hydroxylation is 2. The Labute approximate surface area is 119 Å². The molecule has 1 aliphatic heterocycles. The number of hydrogen-bond acceptors (Lipinski definition) is 3. The molecule has 0 atom stereocenters.